The van der Waals surface area contributed by atoms with E-state index in [0.717, 1.165) is 18.2 Å². The maximum absolute atomic E-state index is 12.7. The number of nitrogens with one attached hydrogen (secondary N) is 1. The van der Waals surface area contributed by atoms with Gasteiger partial charge in [-0.1, -0.05) is 29.8 Å². The van der Waals surface area contributed by atoms with E-state index in [2.05, 4.69) is 10.4 Å². The summed E-state index contributed by atoms with van der Waals surface area (Å²) in [6.07, 6.45) is -4.60. The van der Waals surface area contributed by atoms with Crippen LogP contribution in [-0.2, 0) is 6.18 Å². The fourth-order valence-corrected chi connectivity index (χ4v) is 2.67. The second-order valence-electron chi connectivity index (χ2n) is 5.61. The number of hydrogen-bond donors (Lipinski definition) is 2. The van der Waals surface area contributed by atoms with Crippen molar-refractivity contribution in [1.29, 1.82) is 0 Å². The molecule has 3 aromatic rings. The van der Waals surface area contributed by atoms with E-state index in [9.17, 15) is 22.8 Å². The Morgan fingerprint density at radius 3 is 2.32 bits per heavy atom. The Kier molecular flexibility index (Phi) is 5.10. The van der Waals surface area contributed by atoms with Gasteiger partial charge in [0.15, 0.2) is 5.69 Å². The first kappa shape index (κ1) is 19.4. The van der Waals surface area contributed by atoms with Gasteiger partial charge in [0, 0.05) is 6.07 Å². The fraction of sp³-hybridized carbons (Fsp3) is 0.0556. The zero-order chi connectivity index (χ0) is 20.5. The molecule has 0 spiro atoms. The van der Waals surface area contributed by atoms with Crippen LogP contribution in [-0.4, -0.2) is 26.8 Å². The molecule has 28 heavy (non-hydrogen) atoms. The van der Waals surface area contributed by atoms with Crippen LogP contribution in [0.15, 0.2) is 54.6 Å². The third-order valence-electron chi connectivity index (χ3n) is 3.71. The lowest BCUT2D eigenvalue weighted by atomic mass is 10.1. The number of para-hydroxylation sites is 1. The van der Waals surface area contributed by atoms with Crippen molar-refractivity contribution in [2.45, 2.75) is 6.18 Å². The minimum absolute atomic E-state index is 0.0181. The predicted molar refractivity (Wildman–Crippen MR) is 94.9 cm³/mol. The average molecular weight is 410 g/mol. The van der Waals surface area contributed by atoms with Crippen molar-refractivity contribution in [2.24, 2.45) is 0 Å². The maximum Gasteiger partial charge on any atom is 0.416 e. The summed E-state index contributed by atoms with van der Waals surface area (Å²) in [6, 6.07) is 11.9. The van der Waals surface area contributed by atoms with Gasteiger partial charge in [0.05, 0.1) is 21.8 Å². The number of hydrogen-bond acceptors (Lipinski definition) is 3. The number of aromatic nitrogens is 2. The van der Waals surface area contributed by atoms with Crippen LogP contribution < -0.4 is 5.32 Å². The molecule has 0 aliphatic heterocycles. The molecule has 1 amide bonds. The van der Waals surface area contributed by atoms with E-state index >= 15 is 0 Å². The number of anilines is 1. The maximum atomic E-state index is 12.7. The largest absolute Gasteiger partial charge is 0.476 e. The van der Waals surface area contributed by atoms with Crippen molar-refractivity contribution < 1.29 is 27.9 Å². The molecule has 0 unspecified atom stereocenters. The summed E-state index contributed by atoms with van der Waals surface area (Å²) in [5.74, 6) is -2.10. The lowest BCUT2D eigenvalue weighted by Gasteiger charge is -2.11. The summed E-state index contributed by atoms with van der Waals surface area (Å²) < 4.78 is 39.4. The molecule has 0 saturated heterocycles. The quantitative estimate of drug-likeness (QED) is 0.664. The fourth-order valence-electron chi connectivity index (χ4n) is 2.40. The molecule has 3 rings (SSSR count). The van der Waals surface area contributed by atoms with Crippen LogP contribution in [0.1, 0.15) is 26.4 Å². The topological polar surface area (TPSA) is 84.2 Å². The molecule has 0 aliphatic carbocycles. The highest BCUT2D eigenvalue weighted by Gasteiger charge is 2.31. The van der Waals surface area contributed by atoms with E-state index in [0.29, 0.717) is 11.8 Å². The van der Waals surface area contributed by atoms with Gasteiger partial charge in [0.1, 0.15) is 5.82 Å². The molecule has 0 atom stereocenters. The number of nitrogens with zero attached hydrogens (tertiary/aromatic N) is 2. The molecule has 6 nitrogen and oxygen atoms in total. The predicted octanol–water partition coefficient (Wildman–Crippen LogP) is 4.50. The van der Waals surface area contributed by atoms with Gasteiger partial charge < -0.3 is 10.4 Å². The molecular weight excluding hydrogens is 399 g/mol. The van der Waals surface area contributed by atoms with Crippen LogP contribution in [0.25, 0.3) is 5.69 Å². The lowest BCUT2D eigenvalue weighted by Crippen LogP contribution is -2.16. The highest BCUT2D eigenvalue weighted by Crippen LogP contribution is 2.32. The Hall–Kier alpha value is -3.33. The molecule has 2 N–H and O–H groups in total. The summed E-state index contributed by atoms with van der Waals surface area (Å²) in [5, 5.41) is 15.1. The van der Waals surface area contributed by atoms with Crippen LogP contribution >= 0.6 is 11.6 Å². The number of carboxylic acid groups (broad SMARTS) is 1. The zero-order valence-electron chi connectivity index (χ0n) is 13.9. The summed E-state index contributed by atoms with van der Waals surface area (Å²) in [5.41, 5.74) is -1.04. The third-order valence-corrected chi connectivity index (χ3v) is 4.02. The second-order valence-corrected chi connectivity index (χ2v) is 6.02. The number of carbonyl (C=O) groups is 2. The monoisotopic (exact) mass is 409 g/mol. The molecule has 0 radical (unpaired) electrons. The highest BCUT2D eigenvalue weighted by molar-refractivity contribution is 6.34. The van der Waals surface area contributed by atoms with Gasteiger partial charge in [-0.2, -0.15) is 18.3 Å². The minimum atomic E-state index is -4.60. The molecule has 2 aromatic carbocycles. The van der Waals surface area contributed by atoms with Crippen molar-refractivity contribution in [3.8, 4) is 5.69 Å². The third kappa shape index (κ3) is 3.99. The number of alkyl halides is 3. The van der Waals surface area contributed by atoms with Gasteiger partial charge in [0.2, 0.25) is 0 Å². The van der Waals surface area contributed by atoms with E-state index in [4.69, 9.17) is 16.7 Å². The van der Waals surface area contributed by atoms with E-state index in [1.165, 1.54) is 4.68 Å². The van der Waals surface area contributed by atoms with Crippen molar-refractivity contribution in [2.75, 3.05) is 5.32 Å². The molecule has 1 aromatic heterocycles. The van der Waals surface area contributed by atoms with Crippen molar-refractivity contribution in [1.82, 2.24) is 9.78 Å². The van der Waals surface area contributed by atoms with E-state index in [1.54, 1.807) is 30.3 Å². The minimum Gasteiger partial charge on any atom is -0.476 e. The molecule has 0 bridgehead atoms. The SMILES string of the molecule is O=C(O)c1cc(NC(=O)c2ccc(C(F)(F)F)cc2Cl)n(-c2ccccc2)n1. The summed E-state index contributed by atoms with van der Waals surface area (Å²) in [4.78, 5) is 23.7. The first-order valence-corrected chi connectivity index (χ1v) is 8.11. The number of rotatable bonds is 4. The van der Waals surface area contributed by atoms with Crippen LogP contribution in [0.5, 0.6) is 0 Å². The number of benzene rings is 2. The molecule has 0 aliphatic rings. The first-order valence-electron chi connectivity index (χ1n) is 7.73. The molecule has 0 saturated carbocycles. The summed E-state index contributed by atoms with van der Waals surface area (Å²) in [7, 11) is 0. The summed E-state index contributed by atoms with van der Waals surface area (Å²) >= 11 is 5.83. The average Bonchev–Trinajstić information content (AvgIpc) is 3.05. The van der Waals surface area contributed by atoms with E-state index < -0.39 is 28.6 Å². The van der Waals surface area contributed by atoms with Gasteiger partial charge in [-0.3, -0.25) is 4.79 Å². The number of aromatic carboxylic acids is 1. The van der Waals surface area contributed by atoms with Gasteiger partial charge in [-0.05, 0) is 30.3 Å². The Morgan fingerprint density at radius 2 is 1.75 bits per heavy atom. The van der Waals surface area contributed by atoms with Crippen LogP contribution in [0.2, 0.25) is 5.02 Å². The van der Waals surface area contributed by atoms with Crippen molar-refractivity contribution >= 4 is 29.3 Å². The first-order chi connectivity index (χ1) is 13.2. The van der Waals surface area contributed by atoms with Crippen LogP contribution in [0.4, 0.5) is 19.0 Å². The highest BCUT2D eigenvalue weighted by atomic mass is 35.5. The Balaban J connectivity index is 1.95. The second kappa shape index (κ2) is 7.35. The number of carbonyl (C=O) groups excluding carboxylic acids is 1. The normalized spacial score (nSPS) is 11.3. The molecule has 144 valence electrons. The zero-order valence-corrected chi connectivity index (χ0v) is 14.6. The van der Waals surface area contributed by atoms with Gasteiger partial charge in [-0.15, -0.1) is 0 Å². The summed E-state index contributed by atoms with van der Waals surface area (Å²) in [6.45, 7) is 0. The lowest BCUT2D eigenvalue weighted by molar-refractivity contribution is -0.137. The Bertz CT molecular complexity index is 1050. The van der Waals surface area contributed by atoms with E-state index in [-0.39, 0.29) is 17.1 Å². The molecule has 1 heterocycles. The molecule has 10 heteroatoms. The number of halogens is 4. The number of carboxylic acids is 1. The van der Waals surface area contributed by atoms with Gasteiger partial charge in [0.25, 0.3) is 5.91 Å². The van der Waals surface area contributed by atoms with Crippen LogP contribution in [0, 0.1) is 0 Å². The van der Waals surface area contributed by atoms with Gasteiger partial charge in [-0.25, -0.2) is 9.48 Å². The smallest absolute Gasteiger partial charge is 0.416 e. The number of amides is 1. The van der Waals surface area contributed by atoms with Crippen molar-refractivity contribution in [3.63, 3.8) is 0 Å². The molecular formula is C18H11ClF3N3O3. The van der Waals surface area contributed by atoms with Gasteiger partial charge >= 0.3 is 12.1 Å². The Morgan fingerprint density at radius 1 is 1.07 bits per heavy atom. The standard InChI is InChI=1S/C18H11ClF3N3O3/c19-13-8-10(18(20,21)22)6-7-12(13)16(26)23-15-9-14(17(27)28)24-25(15)11-4-2-1-3-5-11/h1-9H,(H,23,26)(H,27,28). The van der Waals surface area contributed by atoms with E-state index in [1.807, 2.05) is 0 Å². The Labute approximate surface area is 161 Å². The van der Waals surface area contributed by atoms with Crippen LogP contribution in [0.3, 0.4) is 0 Å². The van der Waals surface area contributed by atoms with Crippen molar-refractivity contribution in [3.05, 3.63) is 76.4 Å². The molecule has 0 fully saturated rings.